The lowest BCUT2D eigenvalue weighted by Crippen LogP contribution is -2.63. The van der Waals surface area contributed by atoms with Gasteiger partial charge in [-0.15, -0.1) is 0 Å². The summed E-state index contributed by atoms with van der Waals surface area (Å²) < 4.78 is 5.58. The smallest absolute Gasteiger partial charge is 0.311 e. The van der Waals surface area contributed by atoms with Gasteiger partial charge < -0.3 is 19.6 Å². The largest absolute Gasteiger partial charge is 0.481 e. The second-order valence-corrected chi connectivity index (χ2v) is 7.62. The number of carboxylic acid groups (broad SMARTS) is 1. The summed E-state index contributed by atoms with van der Waals surface area (Å²) in [7, 11) is 1.96. The van der Waals surface area contributed by atoms with E-state index in [0.29, 0.717) is 37.3 Å². The molecule has 0 aromatic heterocycles. The normalized spacial score (nSPS) is 27.7. The summed E-state index contributed by atoms with van der Waals surface area (Å²) >= 11 is 0. The lowest BCUT2D eigenvalue weighted by Gasteiger charge is -2.51. The van der Waals surface area contributed by atoms with Crippen LogP contribution < -0.4 is 4.74 Å². The number of rotatable bonds is 2. The van der Waals surface area contributed by atoms with Crippen molar-refractivity contribution >= 4 is 18.0 Å². The fourth-order valence-corrected chi connectivity index (χ4v) is 4.59. The van der Waals surface area contributed by atoms with Crippen molar-refractivity contribution in [2.24, 2.45) is 5.41 Å². The molecule has 1 amide bonds. The maximum Gasteiger partial charge on any atom is 0.311 e. The Morgan fingerprint density at radius 2 is 2.04 bits per heavy atom. The number of ether oxygens (including phenoxy) is 1. The van der Waals surface area contributed by atoms with Crippen LogP contribution >= 0.6 is 0 Å². The van der Waals surface area contributed by atoms with Gasteiger partial charge in [0.1, 0.15) is 5.75 Å². The van der Waals surface area contributed by atoms with Crippen LogP contribution in [0.15, 0.2) is 42.2 Å². The van der Waals surface area contributed by atoms with Crippen molar-refractivity contribution in [2.75, 3.05) is 26.7 Å². The van der Waals surface area contributed by atoms with Crippen molar-refractivity contribution in [3.63, 3.8) is 0 Å². The molecule has 0 saturated carbocycles. The van der Waals surface area contributed by atoms with Crippen LogP contribution in [0.3, 0.4) is 0 Å². The minimum atomic E-state index is -0.743. The van der Waals surface area contributed by atoms with Crippen molar-refractivity contribution in [3.05, 3.63) is 47.7 Å². The number of para-hydroxylation sites is 1. The van der Waals surface area contributed by atoms with Crippen LogP contribution in [-0.2, 0) is 9.59 Å². The molecule has 3 aliphatic rings. The Morgan fingerprint density at radius 3 is 2.85 bits per heavy atom. The first-order valence-electron chi connectivity index (χ1n) is 9.38. The summed E-state index contributed by atoms with van der Waals surface area (Å²) in [5.74, 6) is -0.0985. The standard InChI is InChI=1S/C21H24N2O4/c1-22-10-4-8-21(20(25)26)9-11-23(14-18(21)22)19(24)16-7-12-27-17-6-3-2-5-15(17)13-16/h2-3,5-7,12-13,18H,4,8-11,14H2,1H3,(H,25,26)/t18-,21+/m1/s1. The van der Waals surface area contributed by atoms with Gasteiger partial charge in [-0.2, -0.15) is 0 Å². The summed E-state index contributed by atoms with van der Waals surface area (Å²) in [6, 6.07) is 7.42. The fourth-order valence-electron chi connectivity index (χ4n) is 4.59. The summed E-state index contributed by atoms with van der Waals surface area (Å²) in [5, 5.41) is 9.89. The highest BCUT2D eigenvalue weighted by Gasteiger charge is 2.52. The molecule has 1 aromatic carbocycles. The number of carboxylic acids is 1. The molecule has 0 bridgehead atoms. The van der Waals surface area contributed by atoms with Crippen LogP contribution in [0.2, 0.25) is 0 Å². The first-order valence-corrected chi connectivity index (χ1v) is 9.38. The molecule has 27 heavy (non-hydrogen) atoms. The highest BCUT2D eigenvalue weighted by Crippen LogP contribution is 2.42. The number of carbonyl (C=O) groups is 2. The molecule has 2 saturated heterocycles. The van der Waals surface area contributed by atoms with Crippen LogP contribution in [0, 0.1) is 5.41 Å². The van der Waals surface area contributed by atoms with Crippen molar-refractivity contribution in [2.45, 2.75) is 25.3 Å². The average Bonchev–Trinajstić information content (AvgIpc) is 2.89. The zero-order chi connectivity index (χ0) is 19.0. The molecule has 0 spiro atoms. The number of likely N-dealkylation sites (N-methyl/N-ethyl adjacent to an activating group) is 1. The van der Waals surface area contributed by atoms with E-state index < -0.39 is 11.4 Å². The first-order chi connectivity index (χ1) is 13.0. The Morgan fingerprint density at radius 1 is 1.22 bits per heavy atom. The monoisotopic (exact) mass is 368 g/mol. The Balaban J connectivity index is 1.59. The predicted molar refractivity (Wildman–Crippen MR) is 101 cm³/mol. The number of likely N-dealkylation sites (tertiary alicyclic amines) is 2. The van der Waals surface area contributed by atoms with Gasteiger partial charge in [0.2, 0.25) is 0 Å². The van der Waals surface area contributed by atoms with Crippen molar-refractivity contribution in [3.8, 4) is 5.75 Å². The number of aliphatic carboxylic acids is 1. The van der Waals surface area contributed by atoms with E-state index in [9.17, 15) is 14.7 Å². The van der Waals surface area contributed by atoms with Gasteiger partial charge in [-0.3, -0.25) is 9.59 Å². The number of nitrogens with zero attached hydrogens (tertiary/aromatic N) is 2. The van der Waals surface area contributed by atoms with Gasteiger partial charge >= 0.3 is 5.97 Å². The summed E-state index contributed by atoms with van der Waals surface area (Å²) in [5.41, 5.74) is 0.673. The minimum absolute atomic E-state index is 0.0792. The minimum Gasteiger partial charge on any atom is -0.481 e. The molecule has 142 valence electrons. The molecular weight excluding hydrogens is 344 g/mol. The highest BCUT2D eigenvalue weighted by molar-refractivity contribution is 6.01. The van der Waals surface area contributed by atoms with Gasteiger partial charge in [-0.05, 0) is 51.1 Å². The third-order valence-corrected chi connectivity index (χ3v) is 6.16. The van der Waals surface area contributed by atoms with E-state index in [4.69, 9.17) is 4.74 Å². The van der Waals surface area contributed by atoms with E-state index in [-0.39, 0.29) is 11.9 Å². The molecule has 3 heterocycles. The van der Waals surface area contributed by atoms with Gasteiger partial charge in [0.05, 0.1) is 11.7 Å². The van der Waals surface area contributed by atoms with Gasteiger partial charge in [0.25, 0.3) is 5.91 Å². The van der Waals surface area contributed by atoms with Crippen molar-refractivity contribution < 1.29 is 19.4 Å². The summed E-state index contributed by atoms with van der Waals surface area (Å²) in [6.07, 6.45) is 7.12. The number of piperidine rings is 2. The topological polar surface area (TPSA) is 70.1 Å². The van der Waals surface area contributed by atoms with Crippen LogP contribution in [0.25, 0.3) is 6.08 Å². The summed E-state index contributed by atoms with van der Waals surface area (Å²) in [6.45, 7) is 1.77. The van der Waals surface area contributed by atoms with Gasteiger partial charge in [0, 0.05) is 30.3 Å². The fraction of sp³-hybridized carbons (Fsp3) is 0.429. The van der Waals surface area contributed by atoms with Crippen LogP contribution in [0.5, 0.6) is 5.75 Å². The summed E-state index contributed by atoms with van der Waals surface area (Å²) in [4.78, 5) is 29.1. The second-order valence-electron chi connectivity index (χ2n) is 7.62. The molecule has 2 atom stereocenters. The van der Waals surface area contributed by atoms with E-state index in [1.54, 1.807) is 11.0 Å². The van der Waals surface area contributed by atoms with E-state index in [1.807, 2.05) is 37.4 Å². The van der Waals surface area contributed by atoms with E-state index in [1.165, 1.54) is 6.26 Å². The Hall–Kier alpha value is -2.60. The molecule has 1 aromatic rings. The van der Waals surface area contributed by atoms with Crippen LogP contribution in [0.1, 0.15) is 24.8 Å². The van der Waals surface area contributed by atoms with Crippen LogP contribution in [0.4, 0.5) is 0 Å². The molecule has 0 unspecified atom stereocenters. The number of carbonyl (C=O) groups excluding carboxylic acids is 1. The van der Waals surface area contributed by atoms with Crippen LogP contribution in [-0.4, -0.2) is 59.5 Å². The number of fused-ring (bicyclic) bond motifs is 2. The highest BCUT2D eigenvalue weighted by atomic mass is 16.5. The maximum atomic E-state index is 13.2. The molecule has 6 heteroatoms. The third-order valence-electron chi connectivity index (χ3n) is 6.16. The predicted octanol–water partition coefficient (Wildman–Crippen LogP) is 2.37. The van der Waals surface area contributed by atoms with Gasteiger partial charge in [0.15, 0.2) is 0 Å². The zero-order valence-corrected chi connectivity index (χ0v) is 15.4. The number of hydrogen-bond acceptors (Lipinski definition) is 4. The average molecular weight is 368 g/mol. The Bertz CT molecular complexity index is 831. The zero-order valence-electron chi connectivity index (χ0n) is 15.4. The molecule has 1 N–H and O–H groups in total. The Labute approximate surface area is 158 Å². The van der Waals surface area contributed by atoms with E-state index in [2.05, 4.69) is 4.90 Å². The van der Waals surface area contributed by atoms with E-state index >= 15 is 0 Å². The molecule has 0 radical (unpaired) electrons. The molecule has 6 nitrogen and oxygen atoms in total. The first kappa shape index (κ1) is 17.8. The lowest BCUT2D eigenvalue weighted by atomic mass is 9.68. The third kappa shape index (κ3) is 3.04. The van der Waals surface area contributed by atoms with E-state index in [0.717, 1.165) is 18.5 Å². The van der Waals surface area contributed by atoms with Gasteiger partial charge in [-0.1, -0.05) is 18.2 Å². The maximum absolute atomic E-state index is 13.2. The number of amides is 1. The van der Waals surface area contributed by atoms with Crippen molar-refractivity contribution in [1.82, 2.24) is 9.80 Å². The molecule has 2 fully saturated rings. The Kier molecular flexibility index (Phi) is 4.52. The number of hydrogen-bond donors (Lipinski definition) is 1. The number of benzene rings is 1. The van der Waals surface area contributed by atoms with Crippen molar-refractivity contribution in [1.29, 1.82) is 0 Å². The van der Waals surface area contributed by atoms with Gasteiger partial charge in [-0.25, -0.2) is 0 Å². The lowest BCUT2D eigenvalue weighted by molar-refractivity contribution is -0.164. The molecular formula is C21H24N2O4. The molecule has 4 rings (SSSR count). The second kappa shape index (κ2) is 6.85. The molecule has 3 aliphatic heterocycles. The quantitative estimate of drug-likeness (QED) is 0.868. The SMILES string of the molecule is CN1CCC[C@]2(C(=O)O)CCN(C(=O)C3=Cc4ccccc4OC=C3)C[C@@H]12. The molecule has 0 aliphatic carbocycles.